The Balaban J connectivity index is 1.33. The summed E-state index contributed by atoms with van der Waals surface area (Å²) in [6, 6.07) is 18.1. The summed E-state index contributed by atoms with van der Waals surface area (Å²) in [5.41, 5.74) is 2.66. The van der Waals surface area contributed by atoms with Crippen molar-refractivity contribution in [2.45, 2.75) is 62.0 Å². The molecule has 1 amide bonds. The molecule has 2 fully saturated rings. The molecule has 2 aliphatic rings. The van der Waals surface area contributed by atoms with Crippen molar-refractivity contribution in [2.24, 2.45) is 0 Å². The number of rotatable bonds is 10. The molecule has 3 aromatic rings. The minimum Gasteiger partial charge on any atom is -0.496 e. The summed E-state index contributed by atoms with van der Waals surface area (Å²) in [6.45, 7) is 2.99. The van der Waals surface area contributed by atoms with E-state index in [0.29, 0.717) is 29.6 Å². The van der Waals surface area contributed by atoms with Gasteiger partial charge in [-0.1, -0.05) is 31.2 Å². The van der Waals surface area contributed by atoms with Gasteiger partial charge in [0.2, 0.25) is 15.9 Å². The van der Waals surface area contributed by atoms with E-state index in [1.807, 2.05) is 37.3 Å². The number of nitrogens with zero attached hydrogens (tertiary/aromatic N) is 2. The highest BCUT2D eigenvalue weighted by atomic mass is 32.2. The zero-order chi connectivity index (χ0) is 27.6. The topological polar surface area (TPSA) is 97.8 Å². The maximum atomic E-state index is 13.4. The van der Waals surface area contributed by atoms with Crippen LogP contribution < -0.4 is 10.1 Å². The van der Waals surface area contributed by atoms with Gasteiger partial charge in [0.15, 0.2) is 0 Å². The number of benzene rings is 2. The Morgan fingerprint density at radius 3 is 2.54 bits per heavy atom. The van der Waals surface area contributed by atoms with Gasteiger partial charge < -0.3 is 14.8 Å². The van der Waals surface area contributed by atoms with E-state index >= 15 is 0 Å². The third-order valence-electron chi connectivity index (χ3n) is 7.86. The second-order valence-electron chi connectivity index (χ2n) is 10.2. The van der Waals surface area contributed by atoms with E-state index in [2.05, 4.69) is 10.3 Å². The Labute approximate surface area is 230 Å². The summed E-state index contributed by atoms with van der Waals surface area (Å²) in [5.74, 6) is 1.09. The molecule has 9 heteroatoms. The molecule has 39 heavy (non-hydrogen) atoms. The van der Waals surface area contributed by atoms with Crippen LogP contribution in [0.2, 0.25) is 0 Å². The van der Waals surface area contributed by atoms with Gasteiger partial charge in [-0.2, -0.15) is 4.31 Å². The van der Waals surface area contributed by atoms with Crippen LogP contribution >= 0.6 is 0 Å². The first-order valence-electron chi connectivity index (χ1n) is 13.4. The number of carbonyl (C=O) groups excluding carboxylic acids is 1. The van der Waals surface area contributed by atoms with Gasteiger partial charge in [0, 0.05) is 30.8 Å². The van der Waals surface area contributed by atoms with Gasteiger partial charge in [-0.25, -0.2) is 13.4 Å². The number of hydrogen-bond donors (Lipinski definition) is 1. The highest BCUT2D eigenvalue weighted by molar-refractivity contribution is 7.89. The first kappa shape index (κ1) is 27.3. The molecule has 2 heterocycles. The third kappa shape index (κ3) is 5.31. The summed E-state index contributed by atoms with van der Waals surface area (Å²) < 4.78 is 38.7. The molecule has 5 rings (SSSR count). The first-order valence-corrected chi connectivity index (χ1v) is 14.8. The summed E-state index contributed by atoms with van der Waals surface area (Å²) in [5, 5.41) is 3.00. The third-order valence-corrected chi connectivity index (χ3v) is 9.83. The van der Waals surface area contributed by atoms with E-state index in [1.165, 1.54) is 0 Å². The van der Waals surface area contributed by atoms with Crippen molar-refractivity contribution in [3.8, 4) is 17.0 Å². The Morgan fingerprint density at radius 1 is 1.10 bits per heavy atom. The van der Waals surface area contributed by atoms with Gasteiger partial charge in [-0.3, -0.25) is 4.79 Å². The van der Waals surface area contributed by atoms with Gasteiger partial charge in [-0.05, 0) is 74.1 Å². The molecule has 1 saturated carbocycles. The van der Waals surface area contributed by atoms with E-state index in [1.54, 1.807) is 48.9 Å². The average molecular weight is 550 g/mol. The molecule has 8 nitrogen and oxygen atoms in total. The molecular formula is C30H35N3O5S. The lowest BCUT2D eigenvalue weighted by atomic mass is 9.93. The lowest BCUT2D eigenvalue weighted by Gasteiger charge is -2.23. The molecule has 1 N–H and O–H groups in total. The number of nitrogens with one attached hydrogen (secondary N) is 1. The number of anilines is 1. The number of carbonyl (C=O) groups is 1. The van der Waals surface area contributed by atoms with Crippen LogP contribution in [-0.4, -0.2) is 50.4 Å². The molecular weight excluding hydrogens is 514 g/mol. The molecule has 1 aliphatic heterocycles. The Hall–Kier alpha value is -3.27. The summed E-state index contributed by atoms with van der Waals surface area (Å²) in [4.78, 5) is 18.4. The van der Waals surface area contributed by atoms with E-state index in [9.17, 15) is 13.2 Å². The Kier molecular flexibility index (Phi) is 7.75. The molecule has 0 spiro atoms. The van der Waals surface area contributed by atoms with Gasteiger partial charge in [0.1, 0.15) is 11.6 Å². The van der Waals surface area contributed by atoms with Crippen LogP contribution in [0.4, 0.5) is 5.82 Å². The van der Waals surface area contributed by atoms with Gasteiger partial charge in [-0.15, -0.1) is 0 Å². The number of hydrogen-bond acceptors (Lipinski definition) is 6. The van der Waals surface area contributed by atoms with Crippen molar-refractivity contribution in [3.63, 3.8) is 0 Å². The summed E-state index contributed by atoms with van der Waals surface area (Å²) in [7, 11) is -0.280. The molecule has 0 unspecified atom stereocenters. The fraction of sp³-hybridized carbons (Fsp3) is 0.400. The van der Waals surface area contributed by atoms with E-state index in [4.69, 9.17) is 9.47 Å². The minimum absolute atomic E-state index is 0.0656. The second-order valence-corrected chi connectivity index (χ2v) is 12.1. The second kappa shape index (κ2) is 11.1. The van der Waals surface area contributed by atoms with Crippen molar-refractivity contribution >= 4 is 21.7 Å². The SMILES string of the molecule is CC[C@H]1CCCN1S(=O)(=O)c1ccc(-c2cccc(NC(=O)C3(c4ccc(OC)c(COC)c4)CC3)n2)cc1. The summed E-state index contributed by atoms with van der Waals surface area (Å²) in [6.07, 6.45) is 4.12. The van der Waals surface area contributed by atoms with Crippen LogP contribution in [0.15, 0.2) is 65.6 Å². The van der Waals surface area contributed by atoms with Crippen molar-refractivity contribution in [3.05, 3.63) is 71.8 Å². The standard InChI is InChI=1S/C30H35N3O5S/c1-4-24-7-6-18-33(24)39(35,36)25-13-10-21(11-14-25)26-8-5-9-28(31-26)32-29(34)30(16-17-30)23-12-15-27(38-3)22(19-23)20-37-2/h5,8-15,19,24H,4,6-7,16-18,20H2,1-3H3,(H,31,32,34)/t24-/m0/s1. The van der Waals surface area contributed by atoms with Crippen molar-refractivity contribution < 1.29 is 22.7 Å². The van der Waals surface area contributed by atoms with E-state index in [0.717, 1.165) is 54.5 Å². The largest absolute Gasteiger partial charge is 0.496 e. The lowest BCUT2D eigenvalue weighted by Crippen LogP contribution is -2.35. The van der Waals surface area contributed by atoms with Crippen LogP contribution in [0.25, 0.3) is 11.3 Å². The minimum atomic E-state index is -3.53. The maximum Gasteiger partial charge on any atom is 0.243 e. The van der Waals surface area contributed by atoms with E-state index < -0.39 is 15.4 Å². The van der Waals surface area contributed by atoms with Crippen LogP contribution in [0.1, 0.15) is 50.2 Å². The van der Waals surface area contributed by atoms with Gasteiger partial charge >= 0.3 is 0 Å². The van der Waals surface area contributed by atoms with Gasteiger partial charge in [0.05, 0.1) is 29.7 Å². The molecule has 1 aliphatic carbocycles. The smallest absolute Gasteiger partial charge is 0.243 e. The normalized spacial score (nSPS) is 18.6. The lowest BCUT2D eigenvalue weighted by molar-refractivity contribution is -0.118. The molecule has 0 bridgehead atoms. The number of ether oxygens (including phenoxy) is 2. The van der Waals surface area contributed by atoms with Crippen LogP contribution in [0, 0.1) is 0 Å². The Bertz CT molecular complexity index is 1450. The average Bonchev–Trinajstić information content (AvgIpc) is 3.62. The number of amides is 1. The Morgan fingerprint density at radius 2 is 1.87 bits per heavy atom. The number of methoxy groups -OCH3 is 2. The molecule has 206 valence electrons. The van der Waals surface area contributed by atoms with Crippen LogP contribution in [0.3, 0.4) is 0 Å². The maximum absolute atomic E-state index is 13.4. The molecule has 1 saturated heterocycles. The summed E-state index contributed by atoms with van der Waals surface area (Å²) >= 11 is 0. The highest BCUT2D eigenvalue weighted by Crippen LogP contribution is 2.49. The predicted molar refractivity (Wildman–Crippen MR) is 150 cm³/mol. The van der Waals surface area contributed by atoms with Crippen molar-refractivity contribution in [1.29, 1.82) is 0 Å². The van der Waals surface area contributed by atoms with Gasteiger partial charge in [0.25, 0.3) is 0 Å². The van der Waals surface area contributed by atoms with E-state index in [-0.39, 0.29) is 11.9 Å². The van der Waals surface area contributed by atoms with Crippen LogP contribution in [0.5, 0.6) is 5.75 Å². The highest BCUT2D eigenvalue weighted by Gasteiger charge is 2.51. The number of pyridine rings is 1. The number of sulfonamides is 1. The van der Waals surface area contributed by atoms with Crippen molar-refractivity contribution in [1.82, 2.24) is 9.29 Å². The molecule has 2 aromatic carbocycles. The van der Waals surface area contributed by atoms with Crippen molar-refractivity contribution in [2.75, 3.05) is 26.1 Å². The fourth-order valence-corrected chi connectivity index (χ4v) is 7.25. The zero-order valence-electron chi connectivity index (χ0n) is 22.6. The molecule has 0 radical (unpaired) electrons. The zero-order valence-corrected chi connectivity index (χ0v) is 23.5. The predicted octanol–water partition coefficient (Wildman–Crippen LogP) is 5.14. The monoisotopic (exact) mass is 549 g/mol. The van der Waals surface area contributed by atoms with Crippen LogP contribution in [-0.2, 0) is 31.6 Å². The number of aromatic nitrogens is 1. The first-order chi connectivity index (χ1) is 18.8. The molecule has 1 atom stereocenters. The molecule has 1 aromatic heterocycles. The quantitative estimate of drug-likeness (QED) is 0.376. The fourth-order valence-electron chi connectivity index (χ4n) is 5.48.